The lowest BCUT2D eigenvalue weighted by Gasteiger charge is -2.34. The van der Waals surface area contributed by atoms with Crippen LogP contribution in [0.1, 0.15) is 6.92 Å². The number of aliphatic hydroxyl groups excluding tert-OH is 4. The van der Waals surface area contributed by atoms with Crippen LogP contribution in [0.25, 0.3) is 0 Å². The fourth-order valence-corrected chi connectivity index (χ4v) is 3.85. The van der Waals surface area contributed by atoms with E-state index in [1.165, 1.54) is 0 Å². The molecule has 3 atom stereocenters. The average molecular weight is 385 g/mol. The highest BCUT2D eigenvalue weighted by Gasteiger charge is 2.28. The summed E-state index contributed by atoms with van der Waals surface area (Å²) in [5, 5.41) is 38.3. The minimum Gasteiger partial charge on any atom is -0.395 e. The van der Waals surface area contributed by atoms with E-state index in [0.717, 1.165) is 0 Å². The number of aliphatic hydroxyl groups is 4. The van der Waals surface area contributed by atoms with Crippen LogP contribution in [-0.2, 0) is 4.57 Å². The van der Waals surface area contributed by atoms with Gasteiger partial charge >= 0.3 is 7.60 Å². The molecule has 0 aromatic carbocycles. The summed E-state index contributed by atoms with van der Waals surface area (Å²) in [4.78, 5) is 23.9. The maximum absolute atomic E-state index is 11.3. The first-order chi connectivity index (χ1) is 11.7. The van der Waals surface area contributed by atoms with Crippen molar-refractivity contribution < 1.29 is 34.8 Å². The standard InChI is InChI=1S/C14H32N3O7P/c1-12(20)8-15-2-3-16(11-25(22,23)24)5-7-17(6-4-15)13(9-18)14(21)10-19/h12-14,18-21H,2-11H2,1H3,(H2,22,23,24)/t12-,13+,14+/m0/s1. The van der Waals surface area contributed by atoms with Crippen molar-refractivity contribution in [3.8, 4) is 0 Å². The molecule has 0 unspecified atom stereocenters. The van der Waals surface area contributed by atoms with E-state index in [9.17, 15) is 34.8 Å². The number of hydrogen-bond donors (Lipinski definition) is 6. The van der Waals surface area contributed by atoms with Crippen LogP contribution in [-0.4, -0.2) is 128 Å². The molecule has 6 N–H and O–H groups in total. The Labute approximate surface area is 148 Å². The second kappa shape index (κ2) is 10.9. The molecule has 0 aromatic rings. The molecule has 150 valence electrons. The van der Waals surface area contributed by atoms with Crippen molar-refractivity contribution in [1.82, 2.24) is 14.7 Å². The molecule has 0 amide bonds. The monoisotopic (exact) mass is 385 g/mol. The molecule has 1 rings (SSSR count). The van der Waals surface area contributed by atoms with Gasteiger partial charge in [0.25, 0.3) is 0 Å². The van der Waals surface area contributed by atoms with Gasteiger partial charge in [-0.05, 0) is 6.92 Å². The smallest absolute Gasteiger partial charge is 0.339 e. The minimum atomic E-state index is -4.20. The molecule has 1 saturated heterocycles. The highest BCUT2D eigenvalue weighted by Crippen LogP contribution is 2.35. The van der Waals surface area contributed by atoms with Gasteiger partial charge in [0.1, 0.15) is 6.29 Å². The molecule has 0 radical (unpaired) electrons. The fourth-order valence-electron chi connectivity index (χ4n) is 3.05. The molecule has 0 bridgehead atoms. The van der Waals surface area contributed by atoms with Gasteiger partial charge in [-0.15, -0.1) is 0 Å². The van der Waals surface area contributed by atoms with Crippen molar-refractivity contribution in [2.24, 2.45) is 0 Å². The third-order valence-electron chi connectivity index (χ3n) is 4.33. The van der Waals surface area contributed by atoms with Crippen LogP contribution in [0.3, 0.4) is 0 Å². The van der Waals surface area contributed by atoms with Crippen molar-refractivity contribution in [2.75, 3.05) is 65.3 Å². The van der Waals surface area contributed by atoms with E-state index in [1.54, 1.807) is 11.8 Å². The first-order valence-electron chi connectivity index (χ1n) is 8.47. The first-order valence-corrected chi connectivity index (χ1v) is 10.3. The van der Waals surface area contributed by atoms with E-state index in [2.05, 4.69) is 0 Å². The minimum absolute atomic E-state index is 0.337. The highest BCUT2D eigenvalue weighted by molar-refractivity contribution is 7.51. The van der Waals surface area contributed by atoms with Crippen molar-refractivity contribution in [1.29, 1.82) is 0 Å². The molecule has 1 aliphatic heterocycles. The summed E-state index contributed by atoms with van der Waals surface area (Å²) in [7, 11) is -4.20. The molecule has 1 fully saturated rings. The Hall–Kier alpha value is -0.130. The van der Waals surface area contributed by atoms with E-state index in [0.29, 0.717) is 45.8 Å². The fraction of sp³-hybridized carbons (Fsp3) is 1.00. The Morgan fingerprint density at radius 1 is 0.920 bits per heavy atom. The zero-order valence-electron chi connectivity index (χ0n) is 14.7. The zero-order chi connectivity index (χ0) is 19.0. The number of rotatable bonds is 8. The predicted octanol–water partition coefficient (Wildman–Crippen LogP) is -2.86. The number of hydrogen-bond acceptors (Lipinski definition) is 8. The molecule has 11 heteroatoms. The van der Waals surface area contributed by atoms with Gasteiger partial charge in [0.15, 0.2) is 0 Å². The molecule has 0 aliphatic carbocycles. The Kier molecular flexibility index (Phi) is 9.97. The van der Waals surface area contributed by atoms with Gasteiger partial charge < -0.3 is 30.2 Å². The quantitative estimate of drug-likeness (QED) is 0.241. The summed E-state index contributed by atoms with van der Waals surface area (Å²) in [6.45, 7) is 4.09. The van der Waals surface area contributed by atoms with E-state index >= 15 is 0 Å². The second-order valence-electron chi connectivity index (χ2n) is 6.61. The van der Waals surface area contributed by atoms with Gasteiger partial charge in [0.05, 0.1) is 31.5 Å². The summed E-state index contributed by atoms with van der Waals surface area (Å²) in [5.41, 5.74) is 0. The second-order valence-corrected chi connectivity index (χ2v) is 8.22. The van der Waals surface area contributed by atoms with Crippen LogP contribution in [0.4, 0.5) is 0 Å². The van der Waals surface area contributed by atoms with E-state index in [1.807, 2.05) is 9.80 Å². The molecule has 0 saturated carbocycles. The molecule has 25 heavy (non-hydrogen) atoms. The van der Waals surface area contributed by atoms with Crippen molar-refractivity contribution in [3.05, 3.63) is 0 Å². The SMILES string of the molecule is C[C@H](O)CN1CCN(CP(=O)(O)O)CCN([C@H](CO)[C@H](O)CO)CC1. The van der Waals surface area contributed by atoms with E-state index in [4.69, 9.17) is 0 Å². The van der Waals surface area contributed by atoms with Crippen LogP contribution < -0.4 is 0 Å². The Bertz CT molecular complexity index is 423. The summed E-state index contributed by atoms with van der Waals surface area (Å²) < 4.78 is 11.3. The molecule has 0 spiro atoms. The lowest BCUT2D eigenvalue weighted by Crippen LogP contribution is -2.51. The third-order valence-corrected chi connectivity index (χ3v) is 5.10. The normalized spacial score (nSPS) is 23.5. The van der Waals surface area contributed by atoms with Gasteiger partial charge in [-0.3, -0.25) is 19.3 Å². The number of nitrogens with zero attached hydrogens (tertiary/aromatic N) is 3. The molecule has 1 heterocycles. The van der Waals surface area contributed by atoms with Crippen molar-refractivity contribution >= 4 is 7.60 Å². The average Bonchev–Trinajstić information content (AvgIpc) is 2.59. The van der Waals surface area contributed by atoms with E-state index < -0.39 is 32.5 Å². The summed E-state index contributed by atoms with van der Waals surface area (Å²) >= 11 is 0. The highest BCUT2D eigenvalue weighted by atomic mass is 31.2. The van der Waals surface area contributed by atoms with Crippen LogP contribution in [0.5, 0.6) is 0 Å². The van der Waals surface area contributed by atoms with Crippen LogP contribution >= 0.6 is 7.60 Å². The molecular formula is C14H32N3O7P. The third kappa shape index (κ3) is 8.87. The maximum Gasteiger partial charge on any atom is 0.339 e. The van der Waals surface area contributed by atoms with Gasteiger partial charge in [0.2, 0.25) is 0 Å². The van der Waals surface area contributed by atoms with Crippen LogP contribution in [0.15, 0.2) is 0 Å². The molecule has 10 nitrogen and oxygen atoms in total. The summed E-state index contributed by atoms with van der Waals surface area (Å²) in [6, 6.07) is -0.659. The Morgan fingerprint density at radius 2 is 1.44 bits per heavy atom. The van der Waals surface area contributed by atoms with E-state index in [-0.39, 0.29) is 12.9 Å². The van der Waals surface area contributed by atoms with Crippen molar-refractivity contribution in [2.45, 2.75) is 25.2 Å². The lowest BCUT2D eigenvalue weighted by atomic mass is 10.1. The summed E-state index contributed by atoms with van der Waals surface area (Å²) in [6.07, 6.45) is -2.01. The van der Waals surface area contributed by atoms with Gasteiger partial charge in [-0.2, -0.15) is 0 Å². The van der Waals surface area contributed by atoms with Gasteiger partial charge in [0, 0.05) is 45.8 Å². The van der Waals surface area contributed by atoms with Crippen LogP contribution in [0, 0.1) is 0 Å². The van der Waals surface area contributed by atoms with Crippen LogP contribution in [0.2, 0.25) is 0 Å². The topological polar surface area (TPSA) is 148 Å². The van der Waals surface area contributed by atoms with Gasteiger partial charge in [-0.25, -0.2) is 0 Å². The first kappa shape index (κ1) is 22.9. The van der Waals surface area contributed by atoms with Gasteiger partial charge in [-0.1, -0.05) is 0 Å². The predicted molar refractivity (Wildman–Crippen MR) is 92.1 cm³/mol. The molecule has 1 aliphatic rings. The molecular weight excluding hydrogens is 353 g/mol. The maximum atomic E-state index is 11.3. The molecule has 0 aromatic heterocycles. The Morgan fingerprint density at radius 3 is 1.92 bits per heavy atom. The zero-order valence-corrected chi connectivity index (χ0v) is 15.6. The largest absolute Gasteiger partial charge is 0.395 e. The summed E-state index contributed by atoms with van der Waals surface area (Å²) in [5.74, 6) is 0. The van der Waals surface area contributed by atoms with Crippen molar-refractivity contribution in [3.63, 3.8) is 0 Å². The lowest BCUT2D eigenvalue weighted by molar-refractivity contribution is -0.0166. The number of β-amino-alcohol motifs (C(OH)–C–C–N with tert-alkyl or cyclic N) is 1. The Balaban J connectivity index is 2.88.